The summed E-state index contributed by atoms with van der Waals surface area (Å²) in [4.78, 5) is 24.1. The van der Waals surface area contributed by atoms with Crippen molar-refractivity contribution in [3.05, 3.63) is 81.8 Å². The standard InChI is InChI=1S/C18H13IN2O3/c19-13-4-1-3-12(11-13)17(22)20-14-6-8-15(9-7-14)21-18(23)16-5-2-10-24-16/h1-11H,(H,20,22)(H,21,23). The second-order valence-electron chi connectivity index (χ2n) is 4.97. The van der Waals surface area contributed by atoms with Gasteiger partial charge in [0.25, 0.3) is 11.8 Å². The fourth-order valence-corrected chi connectivity index (χ4v) is 2.61. The van der Waals surface area contributed by atoms with Crippen molar-refractivity contribution in [1.82, 2.24) is 0 Å². The van der Waals surface area contributed by atoms with Crippen molar-refractivity contribution in [3.63, 3.8) is 0 Å². The summed E-state index contributed by atoms with van der Waals surface area (Å²) in [6.45, 7) is 0. The molecule has 0 saturated carbocycles. The number of carbonyl (C=O) groups excluding carboxylic acids is 2. The van der Waals surface area contributed by atoms with E-state index < -0.39 is 0 Å². The zero-order chi connectivity index (χ0) is 16.9. The van der Waals surface area contributed by atoms with Crippen LogP contribution in [0.2, 0.25) is 0 Å². The van der Waals surface area contributed by atoms with Crippen molar-refractivity contribution in [2.24, 2.45) is 0 Å². The van der Waals surface area contributed by atoms with Gasteiger partial charge in [-0.1, -0.05) is 6.07 Å². The lowest BCUT2D eigenvalue weighted by molar-refractivity contribution is 0.0994. The Bertz CT molecular complexity index is 858. The monoisotopic (exact) mass is 432 g/mol. The Morgan fingerprint density at radius 2 is 1.50 bits per heavy atom. The van der Waals surface area contributed by atoms with Crippen molar-refractivity contribution in [3.8, 4) is 0 Å². The number of halogens is 1. The molecule has 0 bridgehead atoms. The molecule has 3 rings (SSSR count). The summed E-state index contributed by atoms with van der Waals surface area (Å²) in [6.07, 6.45) is 1.44. The molecule has 3 aromatic rings. The number of hydrogen-bond donors (Lipinski definition) is 2. The van der Waals surface area contributed by atoms with Crippen molar-refractivity contribution >= 4 is 45.8 Å². The first-order chi connectivity index (χ1) is 11.6. The van der Waals surface area contributed by atoms with E-state index >= 15 is 0 Å². The van der Waals surface area contributed by atoms with Gasteiger partial charge < -0.3 is 15.1 Å². The maximum absolute atomic E-state index is 12.2. The molecular weight excluding hydrogens is 419 g/mol. The van der Waals surface area contributed by atoms with Gasteiger partial charge >= 0.3 is 0 Å². The molecule has 0 radical (unpaired) electrons. The van der Waals surface area contributed by atoms with E-state index in [-0.39, 0.29) is 17.6 Å². The van der Waals surface area contributed by atoms with E-state index in [4.69, 9.17) is 4.42 Å². The van der Waals surface area contributed by atoms with Gasteiger partial charge in [0.1, 0.15) is 0 Å². The number of carbonyl (C=O) groups is 2. The Labute approximate surface area is 152 Å². The summed E-state index contributed by atoms with van der Waals surface area (Å²) >= 11 is 2.16. The molecular formula is C18H13IN2O3. The molecule has 5 nitrogen and oxygen atoms in total. The van der Waals surface area contributed by atoms with Crippen LogP contribution in [-0.2, 0) is 0 Å². The number of anilines is 2. The third kappa shape index (κ3) is 4.02. The Kier molecular flexibility index (Phi) is 4.95. The Balaban J connectivity index is 1.64. The maximum atomic E-state index is 12.2. The number of rotatable bonds is 4. The van der Waals surface area contributed by atoms with Crippen LogP contribution in [0.1, 0.15) is 20.9 Å². The van der Waals surface area contributed by atoms with E-state index in [1.165, 1.54) is 6.26 Å². The lowest BCUT2D eigenvalue weighted by Gasteiger charge is -2.07. The third-order valence-electron chi connectivity index (χ3n) is 3.23. The molecule has 24 heavy (non-hydrogen) atoms. The molecule has 0 unspecified atom stereocenters. The molecule has 0 atom stereocenters. The predicted molar refractivity (Wildman–Crippen MR) is 100 cm³/mol. The molecule has 1 heterocycles. The Morgan fingerprint density at radius 3 is 2.08 bits per heavy atom. The zero-order valence-electron chi connectivity index (χ0n) is 12.5. The minimum Gasteiger partial charge on any atom is -0.459 e. The number of nitrogens with one attached hydrogen (secondary N) is 2. The van der Waals surface area contributed by atoms with E-state index in [0.29, 0.717) is 16.9 Å². The number of amides is 2. The molecule has 0 fully saturated rings. The average Bonchev–Trinajstić information content (AvgIpc) is 3.11. The van der Waals surface area contributed by atoms with Crippen LogP contribution in [0.15, 0.2) is 71.3 Å². The summed E-state index contributed by atoms with van der Waals surface area (Å²) in [5.41, 5.74) is 1.86. The van der Waals surface area contributed by atoms with Gasteiger partial charge in [-0.05, 0) is 77.2 Å². The molecule has 2 N–H and O–H groups in total. The quantitative estimate of drug-likeness (QED) is 0.601. The molecule has 0 aliphatic heterocycles. The van der Waals surface area contributed by atoms with Crippen LogP contribution in [0, 0.1) is 3.57 Å². The van der Waals surface area contributed by atoms with Gasteiger partial charge in [0.15, 0.2) is 5.76 Å². The predicted octanol–water partition coefficient (Wildman–Crippen LogP) is 4.39. The second-order valence-corrected chi connectivity index (χ2v) is 6.22. The van der Waals surface area contributed by atoms with Crippen LogP contribution in [0.4, 0.5) is 11.4 Å². The first-order valence-electron chi connectivity index (χ1n) is 7.14. The number of benzene rings is 2. The van der Waals surface area contributed by atoms with Crippen molar-refractivity contribution in [2.45, 2.75) is 0 Å². The van der Waals surface area contributed by atoms with Gasteiger partial charge in [-0.15, -0.1) is 0 Å². The van der Waals surface area contributed by atoms with Crippen LogP contribution < -0.4 is 10.6 Å². The molecule has 6 heteroatoms. The van der Waals surface area contributed by atoms with Crippen LogP contribution >= 0.6 is 22.6 Å². The smallest absolute Gasteiger partial charge is 0.291 e. The van der Waals surface area contributed by atoms with Crippen LogP contribution in [-0.4, -0.2) is 11.8 Å². The maximum Gasteiger partial charge on any atom is 0.291 e. The normalized spacial score (nSPS) is 10.2. The summed E-state index contributed by atoms with van der Waals surface area (Å²) in [5.74, 6) is -0.261. The molecule has 120 valence electrons. The van der Waals surface area contributed by atoms with Gasteiger partial charge in [0, 0.05) is 20.5 Å². The number of hydrogen-bond acceptors (Lipinski definition) is 3. The summed E-state index contributed by atoms with van der Waals surface area (Å²) in [6, 6.07) is 17.5. The lowest BCUT2D eigenvalue weighted by atomic mass is 10.2. The molecule has 0 spiro atoms. The largest absolute Gasteiger partial charge is 0.459 e. The van der Waals surface area contributed by atoms with Crippen LogP contribution in [0.3, 0.4) is 0 Å². The molecule has 2 aromatic carbocycles. The van der Waals surface area contributed by atoms with Crippen molar-refractivity contribution < 1.29 is 14.0 Å². The first-order valence-corrected chi connectivity index (χ1v) is 8.21. The Morgan fingerprint density at radius 1 is 0.833 bits per heavy atom. The van der Waals surface area contributed by atoms with E-state index in [9.17, 15) is 9.59 Å². The van der Waals surface area contributed by atoms with E-state index in [0.717, 1.165) is 3.57 Å². The van der Waals surface area contributed by atoms with Crippen molar-refractivity contribution in [1.29, 1.82) is 0 Å². The van der Waals surface area contributed by atoms with Gasteiger partial charge in [-0.25, -0.2) is 0 Å². The van der Waals surface area contributed by atoms with Gasteiger partial charge in [-0.2, -0.15) is 0 Å². The average molecular weight is 432 g/mol. The summed E-state index contributed by atoms with van der Waals surface area (Å²) < 4.78 is 6.03. The SMILES string of the molecule is O=C(Nc1ccc(NC(=O)c2ccco2)cc1)c1cccc(I)c1. The van der Waals surface area contributed by atoms with E-state index in [2.05, 4.69) is 33.2 Å². The van der Waals surface area contributed by atoms with Crippen LogP contribution in [0.25, 0.3) is 0 Å². The van der Waals surface area contributed by atoms with Crippen LogP contribution in [0.5, 0.6) is 0 Å². The highest BCUT2D eigenvalue weighted by Crippen LogP contribution is 2.16. The molecule has 2 amide bonds. The second kappa shape index (κ2) is 7.31. The third-order valence-corrected chi connectivity index (χ3v) is 3.90. The lowest BCUT2D eigenvalue weighted by Crippen LogP contribution is -2.13. The highest BCUT2D eigenvalue weighted by Gasteiger charge is 2.09. The molecule has 1 aromatic heterocycles. The number of furan rings is 1. The Hall–Kier alpha value is -2.61. The highest BCUT2D eigenvalue weighted by molar-refractivity contribution is 14.1. The minimum absolute atomic E-state index is 0.180. The molecule has 0 saturated heterocycles. The first kappa shape index (κ1) is 16.3. The van der Waals surface area contributed by atoms with E-state index in [1.807, 2.05) is 18.2 Å². The zero-order valence-corrected chi connectivity index (χ0v) is 14.6. The van der Waals surface area contributed by atoms with Gasteiger partial charge in [-0.3, -0.25) is 9.59 Å². The fraction of sp³-hybridized carbons (Fsp3) is 0. The summed E-state index contributed by atoms with van der Waals surface area (Å²) in [5, 5.41) is 5.54. The van der Waals surface area contributed by atoms with Gasteiger partial charge in [0.05, 0.1) is 6.26 Å². The fourth-order valence-electron chi connectivity index (χ4n) is 2.07. The van der Waals surface area contributed by atoms with Gasteiger partial charge in [0.2, 0.25) is 0 Å². The highest BCUT2D eigenvalue weighted by atomic mass is 127. The minimum atomic E-state index is -0.323. The van der Waals surface area contributed by atoms with E-state index in [1.54, 1.807) is 42.5 Å². The summed E-state index contributed by atoms with van der Waals surface area (Å²) in [7, 11) is 0. The topological polar surface area (TPSA) is 71.3 Å². The van der Waals surface area contributed by atoms with Crippen molar-refractivity contribution in [2.75, 3.05) is 10.6 Å². The molecule has 0 aliphatic carbocycles. The molecule has 0 aliphatic rings.